The summed E-state index contributed by atoms with van der Waals surface area (Å²) in [5, 5.41) is 21.7. The maximum atomic E-state index is 11.0. The predicted octanol–water partition coefficient (Wildman–Crippen LogP) is 6.43. The van der Waals surface area contributed by atoms with Gasteiger partial charge < -0.3 is 25.4 Å². The molecule has 1 aromatic rings. The van der Waals surface area contributed by atoms with Crippen LogP contribution in [-0.4, -0.2) is 47.3 Å². The van der Waals surface area contributed by atoms with Gasteiger partial charge in [0.2, 0.25) is 0 Å². The highest BCUT2D eigenvalue weighted by Gasteiger charge is 2.81. The molecule has 2 saturated heterocycles. The van der Waals surface area contributed by atoms with E-state index in [-0.39, 0.29) is 41.3 Å². The van der Waals surface area contributed by atoms with Crippen molar-refractivity contribution in [1.82, 2.24) is 0 Å². The van der Waals surface area contributed by atoms with Gasteiger partial charge in [0.05, 0.1) is 23.0 Å². The van der Waals surface area contributed by atoms with Crippen molar-refractivity contribution in [3.63, 3.8) is 0 Å². The van der Waals surface area contributed by atoms with Gasteiger partial charge >= 0.3 is 0 Å². The fraction of sp³-hybridized carbons (Fsp3) is 0.744. The summed E-state index contributed by atoms with van der Waals surface area (Å²) in [5.74, 6) is 9.70. The molecule has 9 bridgehead atoms. The average molecular weight is 598 g/mol. The zero-order valence-electron chi connectivity index (χ0n) is 26.7. The van der Waals surface area contributed by atoms with Crippen molar-refractivity contribution in [2.24, 2.45) is 52.1 Å². The minimum Gasteiger partial charge on any atom is -0.508 e. The minimum atomic E-state index is -0.620. The van der Waals surface area contributed by atoms with Crippen LogP contribution in [0.1, 0.15) is 107 Å². The number of nitrogens with two attached hydrogens (primary N) is 1. The Morgan fingerprint density at radius 3 is 2.64 bits per heavy atom. The van der Waals surface area contributed by atoms with Crippen molar-refractivity contribution in [1.29, 1.82) is 0 Å². The molecule has 0 radical (unpaired) electrons. The number of rotatable bonds is 3. The maximum Gasteiger partial charge on any atom is 0.115 e. The van der Waals surface area contributed by atoms with Gasteiger partial charge in [-0.25, -0.2) is 0 Å². The van der Waals surface area contributed by atoms with Gasteiger partial charge in [-0.1, -0.05) is 42.9 Å². The van der Waals surface area contributed by atoms with Gasteiger partial charge in [0.25, 0.3) is 0 Å². The second-order valence-electron chi connectivity index (χ2n) is 17.1. The SMILES string of the molecule is COC[C@H]1CC[C@@]2(C)O[C@@]34C[C@@]15CC[C@@H](CO)[C@](N)([C@@H]3C#C[C@@H]1C=C[C@H](c3ccc(O)cc31)[C@H]1C[C@@H]4CC3(CCCC3)C1)[C@@H]52. The number of hydrogen-bond donors (Lipinski definition) is 3. The third-order valence-corrected chi connectivity index (χ3v) is 15.2. The monoisotopic (exact) mass is 597 g/mol. The van der Waals surface area contributed by atoms with E-state index >= 15 is 0 Å². The van der Waals surface area contributed by atoms with Crippen LogP contribution in [0.2, 0.25) is 0 Å². The first-order valence-corrected chi connectivity index (χ1v) is 17.8. The van der Waals surface area contributed by atoms with E-state index in [1.165, 1.54) is 49.7 Å². The number of methoxy groups -OCH3 is 1. The van der Waals surface area contributed by atoms with Crippen LogP contribution in [-0.2, 0) is 9.47 Å². The zero-order valence-corrected chi connectivity index (χ0v) is 26.7. The van der Waals surface area contributed by atoms with Crippen molar-refractivity contribution in [3.05, 3.63) is 41.5 Å². The molecule has 4 N–H and O–H groups in total. The Hall–Kier alpha value is -1.84. The summed E-state index contributed by atoms with van der Waals surface area (Å²) in [6.45, 7) is 3.28. The van der Waals surface area contributed by atoms with Crippen LogP contribution >= 0.6 is 0 Å². The first-order chi connectivity index (χ1) is 21.2. The quantitative estimate of drug-likeness (QED) is 0.276. The highest BCUT2D eigenvalue weighted by atomic mass is 16.5. The first kappa shape index (κ1) is 28.4. The molecular weight excluding hydrogens is 546 g/mol. The number of aromatic hydroxyl groups is 1. The Morgan fingerprint density at radius 1 is 1.02 bits per heavy atom. The van der Waals surface area contributed by atoms with E-state index < -0.39 is 11.1 Å². The largest absolute Gasteiger partial charge is 0.508 e. The molecule has 2 heterocycles. The van der Waals surface area contributed by atoms with Crippen LogP contribution in [0.5, 0.6) is 5.75 Å². The molecule has 1 aromatic carbocycles. The average Bonchev–Trinajstić information content (AvgIpc) is 3.43. The molecule has 2 spiro atoms. The Kier molecular flexibility index (Phi) is 6.05. The molecule has 5 saturated carbocycles. The molecule has 236 valence electrons. The van der Waals surface area contributed by atoms with Crippen molar-refractivity contribution in [2.45, 2.75) is 113 Å². The van der Waals surface area contributed by atoms with Crippen molar-refractivity contribution < 1.29 is 19.7 Å². The number of aliphatic hydroxyl groups is 1. The molecule has 10 rings (SSSR count). The minimum absolute atomic E-state index is 0.0114. The second kappa shape index (κ2) is 9.37. The summed E-state index contributed by atoms with van der Waals surface area (Å²) in [5.41, 5.74) is 9.62. The number of phenols is 1. The summed E-state index contributed by atoms with van der Waals surface area (Å²) >= 11 is 0. The highest BCUT2D eigenvalue weighted by Crippen LogP contribution is 2.77. The lowest BCUT2D eigenvalue weighted by atomic mass is 9.31. The molecule has 0 aromatic heterocycles. The van der Waals surface area contributed by atoms with Gasteiger partial charge in [0.1, 0.15) is 5.75 Å². The van der Waals surface area contributed by atoms with E-state index in [9.17, 15) is 10.2 Å². The lowest BCUT2D eigenvalue weighted by Crippen LogP contribution is -2.87. The molecule has 5 heteroatoms. The number of hydrogen-bond acceptors (Lipinski definition) is 5. The molecule has 2 aliphatic heterocycles. The number of allylic oxidation sites excluding steroid dienone is 2. The first-order valence-electron chi connectivity index (χ1n) is 17.8. The standard InChI is InChI=1S/C39H51NO4/c1-35-15-11-27(22-43-2)37-16-12-26(21-41)39(40,34(35)37)33-10-6-24-5-8-30(31-9-7-29(42)18-32(24)31)25-17-28(38(33,23-37)44-35)20-36(19-25)13-3-4-14-36/h5,7-9,18,24-28,30,33-34,41-42H,3-4,11-17,19-23,40H2,1-2H3/t24-,25-,26-,27+,28+,30-,33+,34+,35+,37-,38+,39-/m0/s1. The summed E-state index contributed by atoms with van der Waals surface area (Å²) < 4.78 is 13.8. The van der Waals surface area contributed by atoms with Gasteiger partial charge in [-0.05, 0) is 123 Å². The van der Waals surface area contributed by atoms with E-state index in [1.807, 2.05) is 19.2 Å². The van der Waals surface area contributed by atoms with Crippen LogP contribution < -0.4 is 5.73 Å². The molecule has 9 aliphatic rings. The van der Waals surface area contributed by atoms with Gasteiger partial charge in [-0.15, -0.1) is 0 Å². The van der Waals surface area contributed by atoms with Gasteiger partial charge in [0, 0.05) is 43.6 Å². The topological polar surface area (TPSA) is 84.9 Å². The maximum absolute atomic E-state index is 11.0. The Morgan fingerprint density at radius 2 is 1.84 bits per heavy atom. The summed E-state index contributed by atoms with van der Waals surface area (Å²) in [4.78, 5) is 0. The van der Waals surface area contributed by atoms with Crippen molar-refractivity contribution in [2.75, 3.05) is 20.3 Å². The van der Waals surface area contributed by atoms with Crippen molar-refractivity contribution >= 4 is 0 Å². The summed E-state index contributed by atoms with van der Waals surface area (Å²) in [6.07, 6.45) is 18.9. The fourth-order valence-corrected chi connectivity index (χ4v) is 14.0. The molecule has 7 aliphatic carbocycles. The summed E-state index contributed by atoms with van der Waals surface area (Å²) in [6, 6.07) is 6.03. The van der Waals surface area contributed by atoms with Crippen LogP contribution in [0.15, 0.2) is 30.4 Å². The van der Waals surface area contributed by atoms with Crippen molar-refractivity contribution in [3.8, 4) is 17.6 Å². The second-order valence-corrected chi connectivity index (χ2v) is 17.1. The highest BCUT2D eigenvalue weighted by molar-refractivity contribution is 5.51. The van der Waals surface area contributed by atoms with E-state index in [0.29, 0.717) is 34.8 Å². The van der Waals surface area contributed by atoms with Crippen LogP contribution in [0.3, 0.4) is 0 Å². The molecule has 0 amide bonds. The molecule has 5 nitrogen and oxygen atoms in total. The predicted molar refractivity (Wildman–Crippen MR) is 170 cm³/mol. The number of fused-ring (bicyclic) bond motifs is 8. The number of aliphatic hydroxyl groups excluding tert-OH is 1. The molecule has 0 unspecified atom stereocenters. The van der Waals surface area contributed by atoms with Gasteiger partial charge in [-0.3, -0.25) is 0 Å². The molecule has 12 atom stereocenters. The lowest BCUT2D eigenvalue weighted by molar-refractivity contribution is -0.395. The molecule has 7 fully saturated rings. The lowest BCUT2D eigenvalue weighted by Gasteiger charge is -2.80. The number of benzene rings is 1. The third kappa shape index (κ3) is 3.47. The van der Waals surface area contributed by atoms with Crippen LogP contribution in [0.4, 0.5) is 0 Å². The van der Waals surface area contributed by atoms with Crippen LogP contribution in [0.25, 0.3) is 0 Å². The zero-order chi connectivity index (χ0) is 30.1. The number of phenolic OH excluding ortho intramolecular Hbond substituents is 1. The Labute approximate surface area is 263 Å². The molecular formula is C39H51NO4. The number of ether oxygens (including phenoxy) is 2. The Bertz CT molecular complexity index is 1450. The fourth-order valence-electron chi connectivity index (χ4n) is 14.0. The van der Waals surface area contributed by atoms with E-state index in [1.54, 1.807) is 0 Å². The van der Waals surface area contributed by atoms with E-state index in [4.69, 9.17) is 15.2 Å². The van der Waals surface area contributed by atoms with Gasteiger partial charge in [-0.2, -0.15) is 0 Å². The normalized spacial score (nSPS) is 50.4. The van der Waals surface area contributed by atoms with E-state index in [2.05, 4.69) is 37.0 Å². The third-order valence-electron chi connectivity index (χ3n) is 15.2. The smallest absolute Gasteiger partial charge is 0.115 e. The van der Waals surface area contributed by atoms with Crippen LogP contribution in [0, 0.1) is 58.2 Å². The van der Waals surface area contributed by atoms with Gasteiger partial charge in [0.15, 0.2) is 0 Å². The Balaban J connectivity index is 1.30. The summed E-state index contributed by atoms with van der Waals surface area (Å²) in [7, 11) is 1.87. The molecule has 44 heavy (non-hydrogen) atoms. The van der Waals surface area contributed by atoms with E-state index in [0.717, 1.165) is 45.1 Å².